The summed E-state index contributed by atoms with van der Waals surface area (Å²) in [6.07, 6.45) is -1.61. The zero-order valence-corrected chi connectivity index (χ0v) is 29.5. The predicted molar refractivity (Wildman–Crippen MR) is 195 cm³/mol. The topological polar surface area (TPSA) is 277 Å². The molecule has 2 aromatic carbocycles. The van der Waals surface area contributed by atoms with Gasteiger partial charge in [-0.2, -0.15) is 0 Å². The van der Waals surface area contributed by atoms with Gasteiger partial charge in [0.2, 0.25) is 18.5 Å². The van der Waals surface area contributed by atoms with Crippen molar-refractivity contribution < 1.29 is 47.8 Å². The van der Waals surface area contributed by atoms with Crippen LogP contribution in [0.1, 0.15) is 32.1 Å². The van der Waals surface area contributed by atoms with Gasteiger partial charge >= 0.3 is 17.8 Å². The van der Waals surface area contributed by atoms with Gasteiger partial charge in [-0.25, -0.2) is 4.48 Å². The Labute approximate surface area is 309 Å². The second kappa shape index (κ2) is 19.2. The van der Waals surface area contributed by atoms with Crippen molar-refractivity contribution in [1.82, 2.24) is 14.7 Å². The van der Waals surface area contributed by atoms with Gasteiger partial charge in [0.1, 0.15) is 31.5 Å². The van der Waals surface area contributed by atoms with E-state index in [1.807, 2.05) is 36.4 Å². The molecule has 0 radical (unpaired) electrons. The minimum Gasteiger partial charge on any atom is -0.481 e. The summed E-state index contributed by atoms with van der Waals surface area (Å²) in [6, 6.07) is 13.0. The number of nitrogens with zero attached hydrogens (tertiary/aromatic N) is 3. The Kier molecular flexibility index (Phi) is 14.5. The summed E-state index contributed by atoms with van der Waals surface area (Å²) in [5, 5.41) is 12.1. The number of quaternary nitrogens is 1. The van der Waals surface area contributed by atoms with Gasteiger partial charge in [0, 0.05) is 18.5 Å². The van der Waals surface area contributed by atoms with Crippen molar-refractivity contribution in [2.75, 3.05) is 46.1 Å². The number of benzene rings is 2. The lowest BCUT2D eigenvalue weighted by Crippen LogP contribution is -2.58. The largest absolute Gasteiger partial charge is 0.481 e. The average molecular weight is 751 g/mol. The van der Waals surface area contributed by atoms with E-state index in [9.17, 15) is 38.7 Å². The molecular weight excluding hydrogens is 706 g/mol. The van der Waals surface area contributed by atoms with Crippen molar-refractivity contribution in [1.29, 1.82) is 0 Å². The Bertz CT molecular complexity index is 1920. The molecule has 3 amide bonds. The lowest BCUT2D eigenvalue weighted by molar-refractivity contribution is -0.153. The van der Waals surface area contributed by atoms with Crippen molar-refractivity contribution in [3.63, 3.8) is 0 Å². The van der Waals surface area contributed by atoms with Gasteiger partial charge in [-0.1, -0.05) is 42.5 Å². The van der Waals surface area contributed by atoms with Crippen molar-refractivity contribution in [2.24, 2.45) is 22.2 Å². The molecule has 1 saturated heterocycles. The van der Waals surface area contributed by atoms with Crippen LogP contribution >= 0.6 is 0 Å². The zero-order chi connectivity index (χ0) is 39.3. The lowest BCUT2D eigenvalue weighted by atomic mass is 10.0. The van der Waals surface area contributed by atoms with Crippen molar-refractivity contribution >= 4 is 58.8 Å². The number of nitrogens with two attached hydrogens (primary N) is 3. The third kappa shape index (κ3) is 10.6. The van der Waals surface area contributed by atoms with Crippen LogP contribution in [0.25, 0.3) is 22.1 Å². The van der Waals surface area contributed by atoms with Gasteiger partial charge in [0.05, 0.1) is 44.1 Å². The van der Waals surface area contributed by atoms with Gasteiger partial charge in [0.15, 0.2) is 17.0 Å². The van der Waals surface area contributed by atoms with Crippen LogP contribution < -0.4 is 32.4 Å². The zero-order valence-electron chi connectivity index (χ0n) is 29.5. The van der Waals surface area contributed by atoms with Crippen LogP contribution in [0.15, 0.2) is 68.8 Å². The first-order valence-electron chi connectivity index (χ1n) is 17.2. The first-order chi connectivity index (χ1) is 25.9. The molecule has 1 aliphatic heterocycles. The van der Waals surface area contributed by atoms with E-state index in [-0.39, 0.29) is 54.2 Å². The first kappa shape index (κ1) is 40.8. The fraction of sp³-hybridized carbons (Fsp3) is 0.389. The number of guanidine groups is 1. The van der Waals surface area contributed by atoms with Crippen molar-refractivity contribution in [2.45, 2.75) is 44.2 Å². The number of aldehydes is 1. The molecule has 288 valence electrons. The SMILES string of the molecule is NCC(=O)N(C(=O)[C@H](CCCN=C(N)N)NC(=O)CCC(=O)OC[N+]1(c2cc(=O)c3cccc(-c4ccccc4)c3o2)CCOCC1)[C@H](C=O)CC(=O)O. The molecule has 0 spiro atoms. The second-order valence-electron chi connectivity index (χ2n) is 12.5. The number of esters is 1. The molecule has 54 heavy (non-hydrogen) atoms. The summed E-state index contributed by atoms with van der Waals surface area (Å²) in [6.45, 7) is 0.316. The second-order valence-corrected chi connectivity index (χ2v) is 12.5. The van der Waals surface area contributed by atoms with Gasteiger partial charge in [0.25, 0.3) is 5.91 Å². The van der Waals surface area contributed by atoms with E-state index in [2.05, 4.69) is 10.3 Å². The number of hydrogen-bond donors (Lipinski definition) is 5. The molecule has 2 atom stereocenters. The summed E-state index contributed by atoms with van der Waals surface area (Å²) in [5.41, 5.74) is 17.8. The number of hydrogen-bond acceptors (Lipinski definition) is 12. The number of ether oxygens (including phenoxy) is 2. The molecule has 0 aliphatic carbocycles. The van der Waals surface area contributed by atoms with E-state index < -0.39 is 67.6 Å². The highest BCUT2D eigenvalue weighted by Gasteiger charge is 2.39. The molecule has 18 heteroatoms. The van der Waals surface area contributed by atoms with Crippen LogP contribution in [-0.4, -0.2) is 110 Å². The maximum atomic E-state index is 13.5. The molecular formula is C36H44N7O11+. The molecule has 1 aliphatic rings. The van der Waals surface area contributed by atoms with Gasteiger partial charge in [-0.05, 0) is 24.5 Å². The third-order valence-corrected chi connectivity index (χ3v) is 8.78. The predicted octanol–water partition coefficient (Wildman–Crippen LogP) is -0.0271. The minimum absolute atomic E-state index is 0.0430. The van der Waals surface area contributed by atoms with Gasteiger partial charge < -0.3 is 46.3 Å². The number of carbonyl (C=O) groups is 6. The van der Waals surface area contributed by atoms with E-state index in [1.54, 1.807) is 12.1 Å². The Hall–Kier alpha value is -5.98. The number of imide groups is 1. The fourth-order valence-electron chi connectivity index (χ4n) is 5.98. The van der Waals surface area contributed by atoms with Crippen LogP contribution in [-0.2, 0) is 38.2 Å². The molecule has 0 unspecified atom stereocenters. The summed E-state index contributed by atoms with van der Waals surface area (Å²) >= 11 is 0. The van der Waals surface area contributed by atoms with E-state index in [4.69, 9.17) is 31.1 Å². The Morgan fingerprint density at radius 1 is 1.04 bits per heavy atom. The summed E-state index contributed by atoms with van der Waals surface area (Å²) in [7, 11) is 0. The molecule has 4 rings (SSSR count). The number of morpholine rings is 1. The van der Waals surface area contributed by atoms with Crippen LogP contribution in [0, 0.1) is 0 Å². The smallest absolute Gasteiger partial charge is 0.310 e. The van der Waals surface area contributed by atoms with Gasteiger partial charge in [-0.15, -0.1) is 0 Å². The number of amides is 3. The first-order valence-corrected chi connectivity index (χ1v) is 17.2. The summed E-state index contributed by atoms with van der Waals surface area (Å²) in [5.74, 6) is -5.05. The van der Waals surface area contributed by atoms with E-state index in [1.165, 1.54) is 6.07 Å². The lowest BCUT2D eigenvalue weighted by Gasteiger charge is -2.37. The molecule has 0 bridgehead atoms. The molecule has 2 heterocycles. The van der Waals surface area contributed by atoms with Crippen molar-refractivity contribution in [3.8, 4) is 11.1 Å². The number of nitrogens with one attached hydrogen (secondary N) is 1. The number of rotatable bonds is 18. The molecule has 3 aromatic rings. The van der Waals surface area contributed by atoms with E-state index in [0.717, 1.165) is 5.56 Å². The number of carboxylic acid groups (broad SMARTS) is 1. The number of fused-ring (bicyclic) bond motifs is 1. The van der Waals surface area contributed by atoms with Crippen LogP contribution in [0.2, 0.25) is 0 Å². The third-order valence-electron chi connectivity index (χ3n) is 8.78. The average Bonchev–Trinajstić information content (AvgIpc) is 3.17. The quantitative estimate of drug-likeness (QED) is 0.0285. The monoisotopic (exact) mass is 750 g/mol. The van der Waals surface area contributed by atoms with Gasteiger partial charge in [-0.3, -0.25) is 38.7 Å². The molecule has 1 fully saturated rings. The molecule has 1 aromatic heterocycles. The maximum Gasteiger partial charge on any atom is 0.310 e. The fourth-order valence-corrected chi connectivity index (χ4v) is 5.98. The number of aliphatic imine (C=N–C) groups is 1. The number of para-hydroxylation sites is 1. The number of aliphatic carboxylic acids is 1. The summed E-state index contributed by atoms with van der Waals surface area (Å²) in [4.78, 5) is 93.0. The molecule has 18 nitrogen and oxygen atoms in total. The number of carbonyl (C=O) groups excluding carboxylic acids is 5. The highest BCUT2D eigenvalue weighted by atomic mass is 16.6. The minimum atomic E-state index is -1.69. The normalized spacial score (nSPS) is 14.6. The highest BCUT2D eigenvalue weighted by Crippen LogP contribution is 2.33. The maximum absolute atomic E-state index is 13.5. The molecule has 0 saturated carbocycles. The van der Waals surface area contributed by atoms with Crippen molar-refractivity contribution in [3.05, 3.63) is 64.8 Å². The van der Waals surface area contributed by atoms with Crippen LogP contribution in [0.4, 0.5) is 5.88 Å². The van der Waals surface area contributed by atoms with Crippen LogP contribution in [0.5, 0.6) is 0 Å². The molecule has 8 N–H and O–H groups in total. The standard InChI is InChI=1S/C36H43N7O11/c37-20-30(47)42(24(21-44)18-32(48)49)35(51)27(10-5-13-40-36(38)39)41-29(46)11-12-33(50)53-22-43(14-16-52-17-15-43)31-19-28(45)26-9-4-8-25(34(26)54-31)23-6-2-1-3-7-23/h1-4,6-9,19,21,24,27H,5,10-18,20,22,37H2,(H5-,38,39,40,41,46,48,49)/p+1/t24-,27-/m0/s1. The van der Waals surface area contributed by atoms with E-state index >= 15 is 0 Å². The highest BCUT2D eigenvalue weighted by molar-refractivity contribution is 6.02. The van der Waals surface area contributed by atoms with Crippen LogP contribution in [0.3, 0.4) is 0 Å². The van der Waals surface area contributed by atoms with E-state index in [0.29, 0.717) is 47.7 Å². The Morgan fingerprint density at radius 3 is 2.41 bits per heavy atom. The summed E-state index contributed by atoms with van der Waals surface area (Å²) < 4.78 is 17.6. The Morgan fingerprint density at radius 2 is 1.76 bits per heavy atom. The number of carboxylic acids is 1. The Balaban J connectivity index is 1.48.